The third kappa shape index (κ3) is 4.07. The van der Waals surface area contributed by atoms with Crippen molar-refractivity contribution in [2.75, 3.05) is 39.7 Å². The lowest BCUT2D eigenvalue weighted by Crippen LogP contribution is -2.51. The first-order valence-corrected chi connectivity index (χ1v) is 7.36. The number of benzene rings is 1. The summed E-state index contributed by atoms with van der Waals surface area (Å²) in [6.07, 6.45) is 1.31. The van der Waals surface area contributed by atoms with Crippen LogP contribution in [0.1, 0.15) is 18.4 Å². The summed E-state index contributed by atoms with van der Waals surface area (Å²) in [7, 11) is 4.75. The van der Waals surface area contributed by atoms with E-state index in [1.807, 2.05) is 13.0 Å². The number of amides is 1. The minimum Gasteiger partial charge on any atom is -0.493 e. The van der Waals surface area contributed by atoms with Gasteiger partial charge in [0.05, 0.1) is 14.2 Å². The second-order valence-corrected chi connectivity index (χ2v) is 5.42. The first-order valence-electron chi connectivity index (χ1n) is 7.36. The number of anilines is 1. The minimum absolute atomic E-state index is 0. The van der Waals surface area contributed by atoms with Gasteiger partial charge < -0.3 is 24.8 Å². The van der Waals surface area contributed by atoms with Crippen molar-refractivity contribution in [2.45, 2.75) is 25.4 Å². The SMILES string of the molecule is COc1cc(C)c(NC(=O)C2(OC)CCNCC2)cc1OC.Cl. The number of nitrogens with one attached hydrogen (secondary N) is 2. The second-order valence-electron chi connectivity index (χ2n) is 5.42. The van der Waals surface area contributed by atoms with Crippen molar-refractivity contribution in [1.29, 1.82) is 0 Å². The zero-order valence-corrected chi connectivity index (χ0v) is 14.8. The van der Waals surface area contributed by atoms with E-state index in [0.29, 0.717) is 30.0 Å². The molecular weight excluding hydrogens is 320 g/mol. The van der Waals surface area contributed by atoms with E-state index in [2.05, 4.69) is 10.6 Å². The largest absolute Gasteiger partial charge is 0.493 e. The van der Waals surface area contributed by atoms with Crippen LogP contribution in [-0.4, -0.2) is 45.9 Å². The zero-order valence-electron chi connectivity index (χ0n) is 14.0. The van der Waals surface area contributed by atoms with E-state index in [1.54, 1.807) is 27.4 Å². The summed E-state index contributed by atoms with van der Waals surface area (Å²) < 4.78 is 16.1. The van der Waals surface area contributed by atoms with E-state index >= 15 is 0 Å². The van der Waals surface area contributed by atoms with E-state index < -0.39 is 5.60 Å². The van der Waals surface area contributed by atoms with Crippen LogP contribution in [0.3, 0.4) is 0 Å². The Morgan fingerprint density at radius 2 is 1.70 bits per heavy atom. The van der Waals surface area contributed by atoms with Gasteiger partial charge in [-0.15, -0.1) is 12.4 Å². The maximum absolute atomic E-state index is 12.7. The number of carbonyl (C=O) groups is 1. The summed E-state index contributed by atoms with van der Waals surface area (Å²) in [4.78, 5) is 12.7. The molecule has 7 heteroatoms. The van der Waals surface area contributed by atoms with Gasteiger partial charge in [-0.25, -0.2) is 0 Å². The van der Waals surface area contributed by atoms with Gasteiger partial charge in [0.2, 0.25) is 0 Å². The maximum atomic E-state index is 12.7. The Hall–Kier alpha value is -1.50. The molecule has 0 radical (unpaired) electrons. The average Bonchev–Trinajstić information content (AvgIpc) is 2.56. The smallest absolute Gasteiger partial charge is 0.256 e. The minimum atomic E-state index is -0.773. The van der Waals surface area contributed by atoms with Crippen LogP contribution in [0.25, 0.3) is 0 Å². The Morgan fingerprint density at radius 3 is 2.22 bits per heavy atom. The standard InChI is InChI=1S/C16H24N2O4.ClH/c1-11-9-13(20-2)14(21-3)10-12(11)18-15(19)16(22-4)5-7-17-8-6-16;/h9-10,17H,5-8H2,1-4H3,(H,18,19);1H. The molecule has 6 nitrogen and oxygen atoms in total. The zero-order chi connectivity index (χ0) is 16.2. The summed E-state index contributed by atoms with van der Waals surface area (Å²) in [5.41, 5.74) is 0.842. The van der Waals surface area contributed by atoms with E-state index in [1.165, 1.54) is 0 Å². The Kier molecular flexibility index (Phi) is 7.12. The number of methoxy groups -OCH3 is 3. The highest BCUT2D eigenvalue weighted by Crippen LogP contribution is 2.34. The van der Waals surface area contributed by atoms with Gasteiger partial charge in [0.1, 0.15) is 5.60 Å². The molecule has 1 aromatic rings. The molecule has 0 aromatic heterocycles. The van der Waals surface area contributed by atoms with E-state index in [4.69, 9.17) is 14.2 Å². The predicted octanol–water partition coefficient (Wildman–Crippen LogP) is 2.14. The van der Waals surface area contributed by atoms with Crippen LogP contribution >= 0.6 is 12.4 Å². The summed E-state index contributed by atoms with van der Waals surface area (Å²) in [6, 6.07) is 3.62. The van der Waals surface area contributed by atoms with Crippen LogP contribution in [0.2, 0.25) is 0 Å². The molecule has 1 aliphatic rings. The van der Waals surface area contributed by atoms with Gasteiger partial charge in [-0.1, -0.05) is 0 Å². The van der Waals surface area contributed by atoms with E-state index in [0.717, 1.165) is 18.7 Å². The number of rotatable bonds is 5. The molecule has 0 aliphatic carbocycles. The lowest BCUT2D eigenvalue weighted by atomic mass is 9.91. The Balaban J connectivity index is 0.00000264. The van der Waals surface area contributed by atoms with Crippen LogP contribution in [0.15, 0.2) is 12.1 Å². The van der Waals surface area contributed by atoms with Gasteiger partial charge in [-0.2, -0.15) is 0 Å². The molecule has 1 heterocycles. The number of halogens is 1. The van der Waals surface area contributed by atoms with Crippen LogP contribution in [0.4, 0.5) is 5.69 Å². The van der Waals surface area contributed by atoms with Crippen molar-refractivity contribution in [3.63, 3.8) is 0 Å². The molecule has 1 aromatic carbocycles. The molecular formula is C16H25ClN2O4. The topological polar surface area (TPSA) is 68.8 Å². The van der Waals surface area contributed by atoms with Crippen molar-refractivity contribution in [1.82, 2.24) is 5.32 Å². The number of piperidine rings is 1. The molecule has 0 spiro atoms. The van der Waals surface area contributed by atoms with Gasteiger partial charge >= 0.3 is 0 Å². The number of hydrogen-bond acceptors (Lipinski definition) is 5. The summed E-state index contributed by atoms with van der Waals surface area (Å²) in [6.45, 7) is 3.46. The first-order chi connectivity index (χ1) is 10.6. The summed E-state index contributed by atoms with van der Waals surface area (Å²) in [5, 5.41) is 6.21. The van der Waals surface area contributed by atoms with Crippen molar-refractivity contribution >= 4 is 24.0 Å². The molecule has 2 rings (SSSR count). The van der Waals surface area contributed by atoms with Crippen molar-refractivity contribution in [3.05, 3.63) is 17.7 Å². The summed E-state index contributed by atoms with van der Waals surface area (Å²) in [5.74, 6) is 1.10. The molecule has 1 aliphatic heterocycles. The normalized spacial score (nSPS) is 16.2. The highest BCUT2D eigenvalue weighted by atomic mass is 35.5. The maximum Gasteiger partial charge on any atom is 0.256 e. The van der Waals surface area contributed by atoms with Gasteiger partial charge in [-0.3, -0.25) is 4.79 Å². The molecule has 23 heavy (non-hydrogen) atoms. The monoisotopic (exact) mass is 344 g/mol. The quantitative estimate of drug-likeness (QED) is 0.856. The van der Waals surface area contributed by atoms with Crippen LogP contribution < -0.4 is 20.1 Å². The van der Waals surface area contributed by atoms with Gasteiger partial charge in [-0.05, 0) is 44.5 Å². The molecule has 1 saturated heterocycles. The van der Waals surface area contributed by atoms with Gasteiger partial charge in [0.25, 0.3) is 5.91 Å². The van der Waals surface area contributed by atoms with Crippen LogP contribution in [-0.2, 0) is 9.53 Å². The fourth-order valence-electron chi connectivity index (χ4n) is 2.71. The summed E-state index contributed by atoms with van der Waals surface area (Å²) >= 11 is 0. The molecule has 1 fully saturated rings. The number of carbonyl (C=O) groups excluding carboxylic acids is 1. The third-order valence-corrected chi connectivity index (χ3v) is 4.19. The predicted molar refractivity (Wildman–Crippen MR) is 92.0 cm³/mol. The molecule has 2 N–H and O–H groups in total. The molecule has 0 bridgehead atoms. The number of ether oxygens (including phenoxy) is 3. The highest BCUT2D eigenvalue weighted by Gasteiger charge is 2.39. The van der Waals surface area contributed by atoms with Crippen molar-refractivity contribution < 1.29 is 19.0 Å². The first kappa shape index (κ1) is 19.5. The lowest BCUT2D eigenvalue weighted by molar-refractivity contribution is -0.140. The molecule has 1 amide bonds. The van der Waals surface area contributed by atoms with Crippen molar-refractivity contribution in [2.24, 2.45) is 0 Å². The fraction of sp³-hybridized carbons (Fsp3) is 0.562. The second kappa shape index (κ2) is 8.38. The molecule has 130 valence electrons. The number of hydrogen-bond donors (Lipinski definition) is 2. The van der Waals surface area contributed by atoms with E-state index in [9.17, 15) is 4.79 Å². The number of aryl methyl sites for hydroxylation is 1. The lowest BCUT2D eigenvalue weighted by Gasteiger charge is -2.35. The van der Waals surface area contributed by atoms with Gasteiger partial charge in [0, 0.05) is 18.9 Å². The third-order valence-electron chi connectivity index (χ3n) is 4.19. The highest BCUT2D eigenvalue weighted by molar-refractivity contribution is 5.98. The molecule has 0 unspecified atom stereocenters. The Labute approximate surface area is 143 Å². The van der Waals surface area contributed by atoms with Crippen LogP contribution in [0.5, 0.6) is 11.5 Å². The van der Waals surface area contributed by atoms with Crippen LogP contribution in [0, 0.1) is 6.92 Å². The molecule has 0 atom stereocenters. The fourth-order valence-corrected chi connectivity index (χ4v) is 2.71. The molecule has 0 saturated carbocycles. The Bertz CT molecular complexity index is 545. The van der Waals surface area contributed by atoms with E-state index in [-0.39, 0.29) is 18.3 Å². The van der Waals surface area contributed by atoms with Gasteiger partial charge in [0.15, 0.2) is 11.5 Å². The Morgan fingerprint density at radius 1 is 1.13 bits per heavy atom. The average molecular weight is 345 g/mol. The van der Waals surface area contributed by atoms with Crippen molar-refractivity contribution in [3.8, 4) is 11.5 Å².